The normalized spacial score (nSPS) is 10.9. The molecule has 3 aromatic rings. The number of para-hydroxylation sites is 2. The Hall–Kier alpha value is -2.29. The van der Waals surface area contributed by atoms with Crippen molar-refractivity contribution in [1.29, 1.82) is 0 Å². The van der Waals surface area contributed by atoms with E-state index in [9.17, 15) is 0 Å². The minimum Gasteiger partial charge on any atom is -0.369 e. The van der Waals surface area contributed by atoms with Crippen LogP contribution in [0.15, 0.2) is 48.5 Å². The van der Waals surface area contributed by atoms with E-state index in [-0.39, 0.29) is 0 Å². The molecule has 0 aliphatic carbocycles. The lowest BCUT2D eigenvalue weighted by Crippen LogP contribution is -2.04. The molecule has 0 amide bonds. The fourth-order valence-corrected chi connectivity index (χ4v) is 2.25. The molecule has 3 rings (SSSR count). The van der Waals surface area contributed by atoms with Crippen molar-refractivity contribution in [3.63, 3.8) is 0 Å². The van der Waals surface area contributed by atoms with E-state index in [1.165, 1.54) is 11.1 Å². The van der Waals surface area contributed by atoms with Gasteiger partial charge in [0.15, 0.2) is 0 Å². The van der Waals surface area contributed by atoms with E-state index in [0.717, 1.165) is 17.6 Å². The molecule has 3 heteroatoms. The molecule has 0 aliphatic rings. The third-order valence-electron chi connectivity index (χ3n) is 3.11. The fourth-order valence-electron chi connectivity index (χ4n) is 2.25. The van der Waals surface area contributed by atoms with Crippen LogP contribution in [0.3, 0.4) is 0 Å². The van der Waals surface area contributed by atoms with Crippen molar-refractivity contribution in [2.45, 2.75) is 13.5 Å². The average molecular weight is 237 g/mol. The Bertz CT molecular complexity index is 698. The molecule has 2 aromatic carbocycles. The van der Waals surface area contributed by atoms with Crippen LogP contribution in [0.25, 0.3) is 11.0 Å². The molecular formula is C15H15N3. The van der Waals surface area contributed by atoms with E-state index < -0.39 is 0 Å². The van der Waals surface area contributed by atoms with Gasteiger partial charge in [0.2, 0.25) is 5.95 Å². The maximum atomic E-state index is 5.99. The lowest BCUT2D eigenvalue weighted by molar-refractivity contribution is 0.837. The smallest absolute Gasteiger partial charge is 0.201 e. The van der Waals surface area contributed by atoms with Crippen molar-refractivity contribution in [3.8, 4) is 0 Å². The highest BCUT2D eigenvalue weighted by Crippen LogP contribution is 2.19. The van der Waals surface area contributed by atoms with Crippen LogP contribution >= 0.6 is 0 Å². The first kappa shape index (κ1) is 10.8. The Balaban J connectivity index is 2.07. The number of aryl methyl sites for hydroxylation is 1. The summed E-state index contributed by atoms with van der Waals surface area (Å²) in [6.07, 6.45) is 0. The van der Waals surface area contributed by atoms with Crippen LogP contribution in [0.2, 0.25) is 0 Å². The summed E-state index contributed by atoms with van der Waals surface area (Å²) >= 11 is 0. The molecule has 0 atom stereocenters. The maximum absolute atomic E-state index is 5.99. The minimum atomic E-state index is 0.567. The molecule has 1 aromatic heterocycles. The molecule has 18 heavy (non-hydrogen) atoms. The topological polar surface area (TPSA) is 43.8 Å². The van der Waals surface area contributed by atoms with Crippen molar-refractivity contribution in [3.05, 3.63) is 59.7 Å². The van der Waals surface area contributed by atoms with Crippen LogP contribution in [-0.2, 0) is 6.54 Å². The second kappa shape index (κ2) is 4.18. The number of rotatable bonds is 2. The lowest BCUT2D eigenvalue weighted by Gasteiger charge is -2.07. The molecule has 2 N–H and O–H groups in total. The fraction of sp³-hybridized carbons (Fsp3) is 0.133. The number of fused-ring (bicyclic) bond motifs is 1. The molecule has 0 spiro atoms. The quantitative estimate of drug-likeness (QED) is 0.744. The van der Waals surface area contributed by atoms with Gasteiger partial charge in [0, 0.05) is 0 Å². The van der Waals surface area contributed by atoms with E-state index in [1.54, 1.807) is 0 Å². The van der Waals surface area contributed by atoms with Gasteiger partial charge < -0.3 is 10.3 Å². The van der Waals surface area contributed by atoms with Crippen molar-refractivity contribution in [2.24, 2.45) is 0 Å². The van der Waals surface area contributed by atoms with Gasteiger partial charge in [-0.3, -0.25) is 0 Å². The molecule has 0 unspecified atom stereocenters. The predicted octanol–water partition coefficient (Wildman–Crippen LogP) is 2.98. The highest BCUT2D eigenvalue weighted by Gasteiger charge is 2.07. The van der Waals surface area contributed by atoms with Gasteiger partial charge in [0.25, 0.3) is 0 Å². The third-order valence-corrected chi connectivity index (χ3v) is 3.11. The van der Waals surface area contributed by atoms with E-state index in [1.807, 2.05) is 22.8 Å². The van der Waals surface area contributed by atoms with E-state index >= 15 is 0 Å². The highest BCUT2D eigenvalue weighted by molar-refractivity contribution is 5.78. The lowest BCUT2D eigenvalue weighted by atomic mass is 10.1. The van der Waals surface area contributed by atoms with E-state index in [2.05, 4.69) is 42.2 Å². The Labute approximate surface area is 106 Å². The monoisotopic (exact) mass is 237 g/mol. The Morgan fingerprint density at radius 2 is 1.94 bits per heavy atom. The number of hydrogen-bond acceptors (Lipinski definition) is 2. The van der Waals surface area contributed by atoms with Gasteiger partial charge in [0.1, 0.15) is 0 Å². The van der Waals surface area contributed by atoms with Gasteiger partial charge >= 0.3 is 0 Å². The van der Waals surface area contributed by atoms with Gasteiger partial charge in [-0.15, -0.1) is 0 Å². The second-order valence-electron chi connectivity index (χ2n) is 4.53. The zero-order valence-electron chi connectivity index (χ0n) is 10.3. The van der Waals surface area contributed by atoms with Crippen molar-refractivity contribution < 1.29 is 0 Å². The SMILES string of the molecule is Cc1cccc(Cn2c(N)nc3ccccc32)c1. The van der Waals surface area contributed by atoms with Gasteiger partial charge in [-0.05, 0) is 24.6 Å². The molecule has 0 fully saturated rings. The van der Waals surface area contributed by atoms with Crippen molar-refractivity contribution in [1.82, 2.24) is 9.55 Å². The maximum Gasteiger partial charge on any atom is 0.201 e. The van der Waals surface area contributed by atoms with Crippen LogP contribution < -0.4 is 5.73 Å². The average Bonchev–Trinajstić information content (AvgIpc) is 2.66. The molecule has 0 aliphatic heterocycles. The number of imidazole rings is 1. The van der Waals surface area contributed by atoms with Gasteiger partial charge in [0.05, 0.1) is 17.6 Å². The molecule has 1 heterocycles. The zero-order chi connectivity index (χ0) is 12.5. The number of nitrogens with zero attached hydrogens (tertiary/aromatic N) is 2. The molecule has 90 valence electrons. The Kier molecular flexibility index (Phi) is 2.52. The van der Waals surface area contributed by atoms with Crippen LogP contribution in [0.4, 0.5) is 5.95 Å². The summed E-state index contributed by atoms with van der Waals surface area (Å²) in [5.41, 5.74) is 10.5. The van der Waals surface area contributed by atoms with Crippen LogP contribution in [-0.4, -0.2) is 9.55 Å². The summed E-state index contributed by atoms with van der Waals surface area (Å²) < 4.78 is 2.05. The van der Waals surface area contributed by atoms with E-state index in [4.69, 9.17) is 5.73 Å². The van der Waals surface area contributed by atoms with Crippen LogP contribution in [0, 0.1) is 6.92 Å². The van der Waals surface area contributed by atoms with Gasteiger partial charge in [-0.1, -0.05) is 42.0 Å². The third kappa shape index (κ3) is 1.84. The summed E-state index contributed by atoms with van der Waals surface area (Å²) in [6.45, 7) is 2.85. The zero-order valence-corrected chi connectivity index (χ0v) is 10.3. The van der Waals surface area contributed by atoms with Crippen LogP contribution in [0.1, 0.15) is 11.1 Å². The summed E-state index contributed by atoms with van der Waals surface area (Å²) in [6, 6.07) is 16.5. The second-order valence-corrected chi connectivity index (χ2v) is 4.53. The standard InChI is InChI=1S/C15H15N3/c1-11-5-4-6-12(9-11)10-18-14-8-3-2-7-13(14)17-15(18)16/h2-9H,10H2,1H3,(H2,16,17). The number of nitrogens with two attached hydrogens (primary N) is 1. The van der Waals surface area contributed by atoms with E-state index in [0.29, 0.717) is 5.95 Å². The Morgan fingerprint density at radius 3 is 2.78 bits per heavy atom. The van der Waals surface area contributed by atoms with Crippen molar-refractivity contribution >= 4 is 17.0 Å². The molecule has 0 saturated carbocycles. The number of aromatic nitrogens is 2. The van der Waals surface area contributed by atoms with Crippen LogP contribution in [0.5, 0.6) is 0 Å². The molecule has 0 saturated heterocycles. The molecule has 0 bridgehead atoms. The molecular weight excluding hydrogens is 222 g/mol. The predicted molar refractivity (Wildman–Crippen MR) is 74.4 cm³/mol. The first-order valence-corrected chi connectivity index (χ1v) is 6.00. The number of anilines is 1. The summed E-state index contributed by atoms with van der Waals surface area (Å²) in [5, 5.41) is 0. The number of nitrogen functional groups attached to an aromatic ring is 1. The Morgan fingerprint density at radius 1 is 1.11 bits per heavy atom. The van der Waals surface area contributed by atoms with Gasteiger partial charge in [-0.2, -0.15) is 0 Å². The summed E-state index contributed by atoms with van der Waals surface area (Å²) in [4.78, 5) is 4.37. The highest BCUT2D eigenvalue weighted by atomic mass is 15.1. The summed E-state index contributed by atoms with van der Waals surface area (Å²) in [5.74, 6) is 0.567. The number of benzene rings is 2. The summed E-state index contributed by atoms with van der Waals surface area (Å²) in [7, 11) is 0. The molecule has 0 radical (unpaired) electrons. The number of hydrogen-bond donors (Lipinski definition) is 1. The largest absolute Gasteiger partial charge is 0.369 e. The molecule has 3 nitrogen and oxygen atoms in total. The van der Waals surface area contributed by atoms with Crippen molar-refractivity contribution in [2.75, 3.05) is 5.73 Å². The first-order valence-electron chi connectivity index (χ1n) is 6.00. The first-order chi connectivity index (χ1) is 8.74. The minimum absolute atomic E-state index is 0.567. The van der Waals surface area contributed by atoms with Gasteiger partial charge in [-0.25, -0.2) is 4.98 Å².